The number of ether oxygens (including phenoxy) is 1. The summed E-state index contributed by atoms with van der Waals surface area (Å²) in [4.78, 5) is 282. The van der Waals surface area contributed by atoms with Crippen LogP contribution in [-0.2, 0) is 113 Å². The summed E-state index contributed by atoms with van der Waals surface area (Å²) in [7, 11) is 0. The minimum atomic E-state index is -2.42. The van der Waals surface area contributed by atoms with Crippen molar-refractivity contribution in [3.05, 3.63) is 54.1 Å². The lowest BCUT2D eigenvalue weighted by Crippen LogP contribution is -2.64. The Kier molecular flexibility index (Phi) is 41.7. The van der Waals surface area contributed by atoms with Crippen molar-refractivity contribution in [3.8, 4) is 0 Å². The average Bonchev–Trinajstić information content (AvgIpc) is 1.23. The highest BCUT2D eigenvalue weighted by Crippen LogP contribution is 2.14. The lowest BCUT2D eigenvalue weighted by atomic mass is 10.0. The van der Waals surface area contributed by atoms with Crippen LogP contribution < -0.4 is 96.1 Å². The molecule has 2 aliphatic rings. The first kappa shape index (κ1) is 102. The Balaban J connectivity index is 1.78. The van der Waals surface area contributed by atoms with Crippen LogP contribution in [0.4, 0.5) is 0 Å². The molecule has 2 bridgehead atoms. The zero-order valence-corrected chi connectivity index (χ0v) is 67.9. The molecule has 20 unspecified atom stereocenters. The zero-order valence-electron chi connectivity index (χ0n) is 67.9. The van der Waals surface area contributed by atoms with Crippen LogP contribution in [-0.4, -0.2) is 323 Å². The topological polar surface area (TPSA) is 772 Å². The quantitative estimate of drug-likeness (QED) is 0.0352. The van der Waals surface area contributed by atoms with Gasteiger partial charge < -0.3 is 147 Å². The number of benzene rings is 1. The molecule has 2 aliphatic heterocycles. The Bertz CT molecular complexity index is 4020. The Morgan fingerprint density at radius 3 is 1.67 bits per heavy atom. The maximum Gasteiger partial charge on any atom is 0.326 e. The molecule has 20 atom stereocenters. The second-order valence-corrected chi connectivity index (χ2v) is 29.5. The van der Waals surface area contributed by atoms with Crippen LogP contribution in [0.25, 0.3) is 0 Å². The molecule has 0 saturated carbocycles. The van der Waals surface area contributed by atoms with Crippen LogP contribution in [0.5, 0.6) is 0 Å². The van der Waals surface area contributed by atoms with E-state index in [0.29, 0.717) is 5.56 Å². The molecule has 49 heteroatoms. The number of aliphatic hydroxyl groups is 6. The van der Waals surface area contributed by atoms with E-state index in [9.17, 15) is 132 Å². The first-order valence-corrected chi connectivity index (χ1v) is 38.7. The third-order valence-electron chi connectivity index (χ3n) is 18.6. The van der Waals surface area contributed by atoms with Gasteiger partial charge in [-0.3, -0.25) is 91.1 Å². The van der Waals surface area contributed by atoms with Gasteiger partial charge in [0.15, 0.2) is 0 Å². The Morgan fingerprint density at radius 2 is 1.11 bits per heavy atom. The molecule has 1 aromatic heterocycles. The number of aliphatic carboxylic acids is 2. The molecule has 0 radical (unpaired) electrons. The second-order valence-electron chi connectivity index (χ2n) is 29.5. The first-order valence-electron chi connectivity index (χ1n) is 38.7. The Labute approximate surface area is 697 Å². The van der Waals surface area contributed by atoms with Crippen LogP contribution in [0.15, 0.2) is 42.9 Å². The van der Waals surface area contributed by atoms with Crippen LogP contribution in [0.3, 0.4) is 0 Å². The average molecular weight is 1730 g/mol. The number of nitrogens with zero attached hydrogens (tertiary/aromatic N) is 1. The molecule has 0 spiro atoms. The number of carboxylic acids is 2. The summed E-state index contributed by atoms with van der Waals surface area (Å²) in [6, 6.07) is -21.4. The van der Waals surface area contributed by atoms with Gasteiger partial charge in [-0.05, 0) is 85.1 Å². The van der Waals surface area contributed by atoms with Gasteiger partial charge in [-0.25, -0.2) is 9.78 Å². The van der Waals surface area contributed by atoms with Crippen molar-refractivity contribution in [1.29, 1.82) is 0 Å². The Hall–Kier alpha value is -12.5. The van der Waals surface area contributed by atoms with Crippen LogP contribution >= 0.6 is 0 Å². The summed E-state index contributed by atoms with van der Waals surface area (Å²) in [6.45, 7) is 4.34. The lowest BCUT2D eigenvalue weighted by molar-refractivity contribution is -0.152. The highest BCUT2D eigenvalue weighted by Gasteiger charge is 2.42. The molecule has 28 N–H and O–H groups in total. The molecular weight excluding hydrogens is 1620 g/mol. The molecule has 2 aromatic rings. The van der Waals surface area contributed by atoms with E-state index in [1.165, 1.54) is 24.7 Å². The van der Waals surface area contributed by atoms with E-state index in [-0.39, 0.29) is 50.3 Å². The number of aromatic nitrogens is 2. The molecule has 1 aromatic carbocycles. The molecular formula is C73H110N20O29. The van der Waals surface area contributed by atoms with Gasteiger partial charge in [0, 0.05) is 32.0 Å². The number of hydrogen-bond acceptors (Lipinski definition) is 29. The molecule has 676 valence electrons. The third kappa shape index (κ3) is 34.3. The van der Waals surface area contributed by atoms with Gasteiger partial charge in [0.1, 0.15) is 91.2 Å². The second kappa shape index (κ2) is 49.9. The molecule has 49 nitrogen and oxygen atoms in total. The van der Waals surface area contributed by atoms with E-state index in [4.69, 9.17) is 15.6 Å². The SMILES string of the molecule is CC(C)CC(NC(=O)C(N)CCC(=O)O)C(=O)NCC(=O)NC(C(=O)NC(C(=O)NC(C(=O)NC1COC(=O)CC(C(=O)O)NC(=O)C2CC(=O)NCCCCC(NC(=O)C(CO)NC(=O)CNC(=O)C(C)NC(=O)C(C(C)O)NC1=O)C(=O)NC(C(C)O)C(=O)NC(Cc1c[nH]cn1)C(=O)NC(Cc1ccccc1)C(=O)N2)C(C)O)C(C)O)C(C)O. The predicted molar refractivity (Wildman–Crippen MR) is 416 cm³/mol. The number of hydrogen-bond donors (Lipinski definition) is 27. The smallest absolute Gasteiger partial charge is 0.326 e. The number of aliphatic hydroxyl groups excluding tert-OH is 6. The number of aromatic amines is 1. The van der Waals surface area contributed by atoms with E-state index >= 15 is 0 Å². The molecule has 17 amide bonds. The van der Waals surface area contributed by atoms with Crippen molar-refractivity contribution >= 4 is 118 Å². The number of esters is 1. The normalized spacial score (nSPS) is 24.1. The number of carboxylic acid groups (broad SMARTS) is 2. The fourth-order valence-electron chi connectivity index (χ4n) is 11.8. The van der Waals surface area contributed by atoms with E-state index < -0.39 is 298 Å². The number of nitrogens with one attached hydrogen (secondary N) is 18. The zero-order chi connectivity index (χ0) is 91.5. The van der Waals surface area contributed by atoms with Gasteiger partial charge in [0.25, 0.3) is 0 Å². The van der Waals surface area contributed by atoms with E-state index in [0.717, 1.165) is 41.5 Å². The maximum atomic E-state index is 14.8. The summed E-state index contributed by atoms with van der Waals surface area (Å²) in [6.07, 6.45) is -11.8. The van der Waals surface area contributed by atoms with Crippen molar-refractivity contribution in [3.63, 3.8) is 0 Å². The molecule has 4 rings (SSSR count). The number of rotatable bonds is 28. The highest BCUT2D eigenvalue weighted by atomic mass is 16.5. The van der Waals surface area contributed by atoms with Crippen molar-refractivity contribution in [2.45, 2.75) is 241 Å². The van der Waals surface area contributed by atoms with Crippen LogP contribution in [0.2, 0.25) is 0 Å². The number of fused-ring (bicyclic) bond motifs is 8. The number of imidazole rings is 1. The van der Waals surface area contributed by atoms with E-state index in [1.807, 2.05) is 21.3 Å². The summed E-state index contributed by atoms with van der Waals surface area (Å²) < 4.78 is 5.28. The van der Waals surface area contributed by atoms with Crippen molar-refractivity contribution in [2.75, 3.05) is 32.8 Å². The molecule has 122 heavy (non-hydrogen) atoms. The number of H-pyrrole nitrogens is 1. The van der Waals surface area contributed by atoms with Gasteiger partial charge in [0.2, 0.25) is 100 Å². The van der Waals surface area contributed by atoms with Crippen LogP contribution in [0, 0.1) is 5.92 Å². The fourth-order valence-corrected chi connectivity index (χ4v) is 11.8. The first-order chi connectivity index (χ1) is 57.3. The van der Waals surface area contributed by atoms with Crippen molar-refractivity contribution in [1.82, 2.24) is 100 Å². The summed E-state index contributed by atoms with van der Waals surface area (Å²) in [5.41, 5.74) is 6.27. The number of nitrogens with two attached hydrogens (primary N) is 1. The highest BCUT2D eigenvalue weighted by molar-refractivity contribution is 6.02. The monoisotopic (exact) mass is 1730 g/mol. The van der Waals surface area contributed by atoms with Gasteiger partial charge in [-0.15, -0.1) is 0 Å². The van der Waals surface area contributed by atoms with E-state index in [1.54, 1.807) is 32.0 Å². The molecule has 0 aliphatic carbocycles. The van der Waals surface area contributed by atoms with Gasteiger partial charge in [-0.1, -0.05) is 44.2 Å². The number of cyclic esters (lactones) is 1. The number of carbonyl (C=O) groups is 20. The predicted octanol–water partition coefficient (Wildman–Crippen LogP) is -12.9. The molecule has 3 heterocycles. The van der Waals surface area contributed by atoms with E-state index in [2.05, 4.69) is 79.1 Å². The number of amides is 17. The molecule has 2 fully saturated rings. The minimum absolute atomic E-state index is 0.00709. The summed E-state index contributed by atoms with van der Waals surface area (Å²) in [5.74, 6) is -26.7. The van der Waals surface area contributed by atoms with Crippen LogP contribution in [0.1, 0.15) is 118 Å². The maximum absolute atomic E-state index is 14.8. The van der Waals surface area contributed by atoms with Crippen molar-refractivity contribution in [2.24, 2.45) is 11.7 Å². The summed E-state index contributed by atoms with van der Waals surface area (Å²) >= 11 is 0. The minimum Gasteiger partial charge on any atom is -0.481 e. The Morgan fingerprint density at radius 1 is 0.557 bits per heavy atom. The van der Waals surface area contributed by atoms with Gasteiger partial charge in [0.05, 0.1) is 81.1 Å². The standard InChI is InChI=1S/C73H110N20O29/c1-31(2)20-42(83-60(107)40(74)17-18-52(103)104)61(108)78-27-51(102)89-54(33(4)95)71(118)93-58(37(8)99)72(119)92-57(36(7)98)70(117)88-48-29-122-53(105)24-46(73(120)121)87-65(112)45-23-49(100)76-19-13-12-16-41(82-66(113)47(28-94)81-50(101)26-77-59(106)32(3)80-68(115)55(34(5)96)91-67(48)114)62(109)90-56(35(6)97)69(116)86-44(22-39-25-75-30-79-39)64(111)84-43(63(110)85-45)21-38-14-10-9-11-15-38/h9-11,14-15,25,30-37,40-48,54-58,94-99H,12-13,16-24,26-29,74H2,1-8H3,(H,75,79)(H,76,100)(H,77,106)(H,78,108)(H,80,115)(H,81,101)(H,82,113)(H,83,107)(H,84,111)(H,85,110)(H,86,116)(H,87,112)(H,88,117)(H,89,102)(H,90,109)(H,91,114)(H,92,119)(H,93,118)(H,103,104)(H,120,121). The number of carbonyl (C=O) groups excluding carboxylic acids is 18. The summed E-state index contributed by atoms with van der Waals surface area (Å²) in [5, 5.41) is 122. The molecule has 2 saturated heterocycles. The van der Waals surface area contributed by atoms with Crippen molar-refractivity contribution < 1.29 is 141 Å². The lowest BCUT2D eigenvalue weighted by Gasteiger charge is -2.29. The van der Waals surface area contributed by atoms with Gasteiger partial charge in [-0.2, -0.15) is 0 Å². The fraction of sp³-hybridized carbons (Fsp3) is 0.603. The largest absolute Gasteiger partial charge is 0.481 e. The van der Waals surface area contributed by atoms with Gasteiger partial charge >= 0.3 is 17.9 Å². The third-order valence-corrected chi connectivity index (χ3v) is 18.6.